The van der Waals surface area contributed by atoms with E-state index in [2.05, 4.69) is 49.8 Å². The van der Waals surface area contributed by atoms with E-state index in [0.29, 0.717) is 18.5 Å². The van der Waals surface area contributed by atoms with Crippen LogP contribution in [0.5, 0.6) is 0 Å². The van der Waals surface area contributed by atoms with E-state index in [9.17, 15) is 0 Å². The fourth-order valence-electron chi connectivity index (χ4n) is 2.71. The Labute approximate surface area is 161 Å². The van der Waals surface area contributed by atoms with E-state index >= 15 is 0 Å². The monoisotopic (exact) mass is 439 g/mol. The van der Waals surface area contributed by atoms with Crippen LogP contribution in [0.4, 0.5) is 0 Å². The highest BCUT2D eigenvalue weighted by atomic mass is 127. The summed E-state index contributed by atoms with van der Waals surface area (Å²) < 4.78 is 2.18. The molecule has 6 heteroatoms. The summed E-state index contributed by atoms with van der Waals surface area (Å²) in [5.74, 6) is 1.59. The number of halogens is 1. The molecule has 1 saturated carbocycles. The lowest BCUT2D eigenvalue weighted by atomic mass is 10.1. The quantitative estimate of drug-likeness (QED) is 0.410. The van der Waals surface area contributed by atoms with Gasteiger partial charge in [0.05, 0.1) is 0 Å². The number of nitrogens with zero attached hydrogens (tertiary/aromatic N) is 4. The molecule has 0 spiro atoms. The highest BCUT2D eigenvalue weighted by Crippen LogP contribution is 2.24. The molecule has 2 N–H and O–H groups in total. The Morgan fingerprint density at radius 1 is 1.33 bits per heavy atom. The molecule has 1 heterocycles. The fraction of sp³-hybridized carbons (Fsp3) is 0.444. The molecule has 5 nitrogen and oxygen atoms in total. The van der Waals surface area contributed by atoms with Gasteiger partial charge < -0.3 is 15.2 Å². The zero-order valence-corrected chi connectivity index (χ0v) is 16.5. The molecule has 1 aromatic heterocycles. The maximum atomic E-state index is 6.04. The number of hydrogen-bond acceptors (Lipinski definition) is 2. The Balaban J connectivity index is 0.00000208. The van der Waals surface area contributed by atoms with Crippen LogP contribution in [0.1, 0.15) is 30.7 Å². The minimum Gasteiger partial charge on any atom is -0.370 e. The van der Waals surface area contributed by atoms with Gasteiger partial charge in [0.25, 0.3) is 0 Å². The van der Waals surface area contributed by atoms with Gasteiger partial charge in [-0.15, -0.1) is 24.0 Å². The van der Waals surface area contributed by atoms with Crippen molar-refractivity contribution in [2.24, 2.45) is 10.7 Å². The summed E-state index contributed by atoms with van der Waals surface area (Å²) in [4.78, 5) is 11.0. The molecule has 0 atom stereocenters. The molecule has 0 aliphatic heterocycles. The van der Waals surface area contributed by atoms with Crippen molar-refractivity contribution in [3.05, 3.63) is 54.1 Å². The van der Waals surface area contributed by atoms with E-state index < -0.39 is 0 Å². The van der Waals surface area contributed by atoms with Crippen molar-refractivity contribution in [1.29, 1.82) is 0 Å². The van der Waals surface area contributed by atoms with Crippen molar-refractivity contribution in [2.75, 3.05) is 7.05 Å². The number of hydrogen-bond donors (Lipinski definition) is 1. The molecule has 1 aliphatic rings. The van der Waals surface area contributed by atoms with Gasteiger partial charge in [-0.3, -0.25) is 0 Å². The number of imidazole rings is 1. The summed E-state index contributed by atoms with van der Waals surface area (Å²) in [6.07, 6.45) is 8.48. The normalized spacial score (nSPS) is 14.3. The SMILES string of the molecule is CN(C(N)=NCc1nccn1CCCc1ccccc1)C1CC1.I. The van der Waals surface area contributed by atoms with Crippen LogP contribution in [-0.2, 0) is 19.5 Å². The lowest BCUT2D eigenvalue weighted by Crippen LogP contribution is -2.35. The lowest BCUT2D eigenvalue weighted by molar-refractivity contribution is 0.486. The second-order valence-corrected chi connectivity index (χ2v) is 6.14. The Bertz CT molecular complexity index is 648. The zero-order chi connectivity index (χ0) is 16.1. The number of aromatic nitrogens is 2. The second kappa shape index (κ2) is 9.05. The first-order chi connectivity index (χ1) is 11.2. The maximum Gasteiger partial charge on any atom is 0.191 e. The number of nitrogens with two attached hydrogens (primary N) is 1. The van der Waals surface area contributed by atoms with Crippen LogP contribution in [0.3, 0.4) is 0 Å². The first-order valence-electron chi connectivity index (χ1n) is 8.30. The predicted molar refractivity (Wildman–Crippen MR) is 109 cm³/mol. The molecule has 130 valence electrons. The first kappa shape index (κ1) is 18.8. The summed E-state index contributed by atoms with van der Waals surface area (Å²) in [6.45, 7) is 1.50. The highest BCUT2D eigenvalue weighted by Gasteiger charge is 2.27. The van der Waals surface area contributed by atoms with Crippen molar-refractivity contribution in [3.8, 4) is 0 Å². The van der Waals surface area contributed by atoms with E-state index in [0.717, 1.165) is 25.2 Å². The van der Waals surface area contributed by atoms with Gasteiger partial charge >= 0.3 is 0 Å². The molecule has 0 saturated heterocycles. The van der Waals surface area contributed by atoms with Gasteiger partial charge in [0, 0.05) is 32.0 Å². The molecule has 1 aliphatic carbocycles. The van der Waals surface area contributed by atoms with Crippen LogP contribution in [0.15, 0.2) is 47.7 Å². The summed E-state index contributed by atoms with van der Waals surface area (Å²) in [5, 5.41) is 0. The Hall–Kier alpha value is -1.57. The number of aryl methyl sites for hydroxylation is 2. The van der Waals surface area contributed by atoms with E-state index in [-0.39, 0.29) is 24.0 Å². The van der Waals surface area contributed by atoms with Crippen molar-refractivity contribution < 1.29 is 0 Å². The van der Waals surface area contributed by atoms with Gasteiger partial charge in [0.1, 0.15) is 12.4 Å². The smallest absolute Gasteiger partial charge is 0.191 e. The van der Waals surface area contributed by atoms with E-state index in [4.69, 9.17) is 5.73 Å². The highest BCUT2D eigenvalue weighted by molar-refractivity contribution is 14.0. The van der Waals surface area contributed by atoms with Crippen LogP contribution < -0.4 is 5.73 Å². The van der Waals surface area contributed by atoms with Crippen LogP contribution in [0.2, 0.25) is 0 Å². The molecule has 0 bridgehead atoms. The Morgan fingerprint density at radius 2 is 2.08 bits per heavy atom. The third-order valence-electron chi connectivity index (χ3n) is 4.35. The average molecular weight is 439 g/mol. The number of aliphatic imine (C=N–C) groups is 1. The molecule has 24 heavy (non-hydrogen) atoms. The van der Waals surface area contributed by atoms with Gasteiger partial charge in [0.2, 0.25) is 0 Å². The second-order valence-electron chi connectivity index (χ2n) is 6.14. The number of guanidine groups is 1. The van der Waals surface area contributed by atoms with Gasteiger partial charge in [-0.25, -0.2) is 9.98 Å². The van der Waals surface area contributed by atoms with E-state index in [1.54, 1.807) is 0 Å². The molecule has 2 aromatic rings. The van der Waals surface area contributed by atoms with Crippen molar-refractivity contribution in [2.45, 2.75) is 44.8 Å². The Morgan fingerprint density at radius 3 is 2.79 bits per heavy atom. The zero-order valence-electron chi connectivity index (χ0n) is 14.1. The summed E-state index contributed by atoms with van der Waals surface area (Å²) in [5.41, 5.74) is 7.42. The molecule has 1 fully saturated rings. The molecule has 0 unspecified atom stereocenters. The van der Waals surface area contributed by atoms with Crippen molar-refractivity contribution in [3.63, 3.8) is 0 Å². The minimum absolute atomic E-state index is 0. The summed E-state index contributed by atoms with van der Waals surface area (Å²) in [6, 6.07) is 11.2. The number of benzene rings is 1. The largest absolute Gasteiger partial charge is 0.370 e. The van der Waals surface area contributed by atoms with Crippen molar-refractivity contribution in [1.82, 2.24) is 14.5 Å². The molecule has 1 aromatic carbocycles. The van der Waals surface area contributed by atoms with Crippen LogP contribution in [-0.4, -0.2) is 33.5 Å². The lowest BCUT2D eigenvalue weighted by Gasteiger charge is -2.16. The topological polar surface area (TPSA) is 59.4 Å². The van der Waals surface area contributed by atoms with Gasteiger partial charge in [-0.05, 0) is 31.2 Å². The molecular weight excluding hydrogens is 413 g/mol. The van der Waals surface area contributed by atoms with Crippen LogP contribution in [0, 0.1) is 0 Å². The molecule has 3 rings (SSSR count). The van der Waals surface area contributed by atoms with Crippen LogP contribution >= 0.6 is 24.0 Å². The minimum atomic E-state index is 0. The molecular formula is C18H26IN5. The third kappa shape index (κ3) is 5.22. The van der Waals surface area contributed by atoms with Gasteiger partial charge in [-0.2, -0.15) is 0 Å². The molecule has 0 radical (unpaired) electrons. The predicted octanol–water partition coefficient (Wildman–Crippen LogP) is 3.04. The maximum absolute atomic E-state index is 6.04. The average Bonchev–Trinajstić information content (AvgIpc) is 3.33. The standard InChI is InChI=1S/C18H25N5.HI/c1-22(16-9-10-16)18(19)21-14-17-20-11-13-23(17)12-5-8-15-6-3-2-4-7-15;/h2-4,6-7,11,13,16H,5,8-10,12,14H2,1H3,(H2,19,21);1H. The van der Waals surface area contributed by atoms with Crippen LogP contribution in [0.25, 0.3) is 0 Å². The van der Waals surface area contributed by atoms with Gasteiger partial charge in [0.15, 0.2) is 5.96 Å². The first-order valence-corrected chi connectivity index (χ1v) is 8.30. The molecule has 0 amide bonds. The third-order valence-corrected chi connectivity index (χ3v) is 4.35. The number of rotatable bonds is 7. The van der Waals surface area contributed by atoms with Gasteiger partial charge in [-0.1, -0.05) is 30.3 Å². The van der Waals surface area contributed by atoms with E-state index in [1.807, 2.05) is 19.4 Å². The van der Waals surface area contributed by atoms with E-state index in [1.165, 1.54) is 18.4 Å². The summed E-state index contributed by atoms with van der Waals surface area (Å²) >= 11 is 0. The summed E-state index contributed by atoms with van der Waals surface area (Å²) in [7, 11) is 2.02. The fourth-order valence-corrected chi connectivity index (χ4v) is 2.71. The Kier molecular flexibility index (Phi) is 7.08. The van der Waals surface area contributed by atoms with Crippen molar-refractivity contribution >= 4 is 29.9 Å².